The molecule has 0 spiro atoms. The SMILES string of the molecule is O=C(NCCSc1ncn[nH]1)C1CCN(C(=O)[C@H]2CCCO2)CC1. The monoisotopic (exact) mass is 353 g/mol. The molecule has 0 unspecified atom stereocenters. The Labute approximate surface area is 145 Å². The Morgan fingerprint density at radius 2 is 2.21 bits per heavy atom. The fourth-order valence-electron chi connectivity index (χ4n) is 3.07. The lowest BCUT2D eigenvalue weighted by Crippen LogP contribution is -2.46. The number of thioether (sulfide) groups is 1. The predicted octanol–water partition coefficient (Wildman–Crippen LogP) is 0.431. The van der Waals surface area contributed by atoms with Crippen molar-refractivity contribution in [1.29, 1.82) is 0 Å². The molecule has 1 atom stereocenters. The molecule has 3 heterocycles. The normalized spacial score (nSPS) is 21.8. The second-order valence-electron chi connectivity index (χ2n) is 6.03. The molecule has 0 bridgehead atoms. The van der Waals surface area contributed by atoms with E-state index in [1.165, 1.54) is 18.1 Å². The molecule has 24 heavy (non-hydrogen) atoms. The summed E-state index contributed by atoms with van der Waals surface area (Å²) < 4.78 is 5.45. The van der Waals surface area contributed by atoms with Crippen LogP contribution in [0.1, 0.15) is 25.7 Å². The molecule has 2 aliphatic rings. The minimum absolute atomic E-state index is 0.00572. The van der Waals surface area contributed by atoms with Gasteiger partial charge in [-0.1, -0.05) is 11.8 Å². The van der Waals surface area contributed by atoms with E-state index in [4.69, 9.17) is 4.74 Å². The molecule has 2 aliphatic heterocycles. The zero-order valence-corrected chi connectivity index (χ0v) is 14.4. The average molecular weight is 353 g/mol. The predicted molar refractivity (Wildman–Crippen MR) is 88.4 cm³/mol. The molecule has 2 N–H and O–H groups in total. The Morgan fingerprint density at radius 1 is 1.38 bits per heavy atom. The van der Waals surface area contributed by atoms with Crippen molar-refractivity contribution < 1.29 is 14.3 Å². The van der Waals surface area contributed by atoms with Crippen LogP contribution in [0, 0.1) is 5.92 Å². The van der Waals surface area contributed by atoms with E-state index in [0.717, 1.165) is 36.6 Å². The fraction of sp³-hybridized carbons (Fsp3) is 0.733. The molecule has 0 aliphatic carbocycles. The van der Waals surface area contributed by atoms with E-state index >= 15 is 0 Å². The number of piperidine rings is 1. The number of hydrogen-bond acceptors (Lipinski definition) is 6. The summed E-state index contributed by atoms with van der Waals surface area (Å²) in [6.07, 6.45) is 4.43. The van der Waals surface area contributed by atoms with Gasteiger partial charge in [-0.3, -0.25) is 14.7 Å². The van der Waals surface area contributed by atoms with E-state index in [0.29, 0.717) is 26.2 Å². The lowest BCUT2D eigenvalue weighted by Gasteiger charge is -2.32. The highest BCUT2D eigenvalue weighted by atomic mass is 32.2. The van der Waals surface area contributed by atoms with Crippen LogP contribution in [0.15, 0.2) is 11.5 Å². The van der Waals surface area contributed by atoms with Crippen LogP contribution in [0.25, 0.3) is 0 Å². The first-order valence-corrected chi connectivity index (χ1v) is 9.39. The summed E-state index contributed by atoms with van der Waals surface area (Å²) in [6.45, 7) is 2.56. The first kappa shape index (κ1) is 17.2. The van der Waals surface area contributed by atoms with Gasteiger partial charge in [0.1, 0.15) is 12.4 Å². The molecule has 0 radical (unpaired) electrons. The molecule has 3 rings (SSSR count). The number of carbonyl (C=O) groups excluding carboxylic acids is 2. The number of aromatic nitrogens is 3. The maximum atomic E-state index is 12.3. The minimum atomic E-state index is -0.261. The second kappa shape index (κ2) is 8.48. The quantitative estimate of drug-likeness (QED) is 0.568. The molecule has 1 aromatic heterocycles. The summed E-state index contributed by atoms with van der Waals surface area (Å²) in [7, 11) is 0. The Bertz CT molecular complexity index is 539. The summed E-state index contributed by atoms with van der Waals surface area (Å²) in [4.78, 5) is 30.4. The standard InChI is InChI=1S/C15H23N5O3S/c21-13(16-5-9-24-15-17-10-18-19-15)11-3-6-20(7-4-11)14(22)12-2-1-8-23-12/h10-12H,1-9H2,(H,16,21)(H,17,18,19)/t12-/m1/s1. The molecular weight excluding hydrogens is 330 g/mol. The third-order valence-corrected chi connectivity index (χ3v) is 5.29. The van der Waals surface area contributed by atoms with Crippen molar-refractivity contribution in [3.63, 3.8) is 0 Å². The highest BCUT2D eigenvalue weighted by Gasteiger charge is 2.32. The number of nitrogens with one attached hydrogen (secondary N) is 2. The van der Waals surface area contributed by atoms with Crippen molar-refractivity contribution in [2.45, 2.75) is 36.9 Å². The van der Waals surface area contributed by atoms with Gasteiger partial charge in [0.2, 0.25) is 5.91 Å². The van der Waals surface area contributed by atoms with E-state index in [9.17, 15) is 9.59 Å². The summed E-state index contributed by atoms with van der Waals surface area (Å²) in [5, 5.41) is 10.3. The molecular formula is C15H23N5O3S. The van der Waals surface area contributed by atoms with Gasteiger partial charge in [0.15, 0.2) is 5.16 Å². The molecule has 132 valence electrons. The number of rotatable bonds is 6. The average Bonchev–Trinajstić information content (AvgIpc) is 3.31. The summed E-state index contributed by atoms with van der Waals surface area (Å²) >= 11 is 1.52. The molecule has 2 amide bonds. The van der Waals surface area contributed by atoms with Gasteiger partial charge in [-0.25, -0.2) is 4.98 Å². The van der Waals surface area contributed by atoms with Gasteiger partial charge < -0.3 is 15.0 Å². The number of carbonyl (C=O) groups is 2. The van der Waals surface area contributed by atoms with Crippen LogP contribution in [0.4, 0.5) is 0 Å². The van der Waals surface area contributed by atoms with E-state index in [2.05, 4.69) is 20.5 Å². The maximum Gasteiger partial charge on any atom is 0.251 e. The molecule has 0 saturated carbocycles. The summed E-state index contributed by atoms with van der Waals surface area (Å²) in [5.41, 5.74) is 0. The van der Waals surface area contributed by atoms with Gasteiger partial charge in [0.25, 0.3) is 5.91 Å². The number of likely N-dealkylation sites (tertiary alicyclic amines) is 1. The largest absolute Gasteiger partial charge is 0.368 e. The number of nitrogens with zero attached hydrogens (tertiary/aromatic N) is 3. The third-order valence-electron chi connectivity index (χ3n) is 4.42. The number of amides is 2. The van der Waals surface area contributed by atoms with Crippen LogP contribution in [0.2, 0.25) is 0 Å². The van der Waals surface area contributed by atoms with Gasteiger partial charge in [-0.15, -0.1) is 0 Å². The number of ether oxygens (including phenoxy) is 1. The van der Waals surface area contributed by atoms with Crippen LogP contribution in [-0.2, 0) is 14.3 Å². The lowest BCUT2D eigenvalue weighted by atomic mass is 9.95. The first-order valence-electron chi connectivity index (χ1n) is 8.40. The summed E-state index contributed by atoms with van der Waals surface area (Å²) in [5.74, 6) is 0.915. The first-order chi connectivity index (χ1) is 11.7. The van der Waals surface area contributed by atoms with Crippen molar-refractivity contribution in [3.05, 3.63) is 6.33 Å². The zero-order chi connectivity index (χ0) is 16.8. The van der Waals surface area contributed by atoms with E-state index < -0.39 is 0 Å². The zero-order valence-electron chi connectivity index (χ0n) is 13.6. The minimum Gasteiger partial charge on any atom is -0.368 e. The Balaban J connectivity index is 1.33. The van der Waals surface area contributed by atoms with Crippen LogP contribution in [0.3, 0.4) is 0 Å². The number of H-pyrrole nitrogens is 1. The number of aromatic amines is 1. The van der Waals surface area contributed by atoms with Gasteiger partial charge in [-0.2, -0.15) is 5.10 Å². The molecule has 0 aromatic carbocycles. The van der Waals surface area contributed by atoms with E-state index in [-0.39, 0.29) is 23.8 Å². The molecule has 9 heteroatoms. The Morgan fingerprint density at radius 3 is 2.88 bits per heavy atom. The number of hydrogen-bond donors (Lipinski definition) is 2. The third kappa shape index (κ3) is 4.47. The van der Waals surface area contributed by atoms with Crippen LogP contribution in [0.5, 0.6) is 0 Å². The van der Waals surface area contributed by atoms with E-state index in [1.54, 1.807) is 0 Å². The lowest BCUT2D eigenvalue weighted by molar-refractivity contribution is -0.143. The van der Waals surface area contributed by atoms with Crippen molar-refractivity contribution >= 4 is 23.6 Å². The van der Waals surface area contributed by atoms with E-state index in [1.807, 2.05) is 4.90 Å². The highest BCUT2D eigenvalue weighted by molar-refractivity contribution is 7.99. The Kier molecular flexibility index (Phi) is 6.08. The molecule has 2 fully saturated rings. The van der Waals surface area contributed by atoms with Crippen molar-refractivity contribution in [3.8, 4) is 0 Å². The highest BCUT2D eigenvalue weighted by Crippen LogP contribution is 2.21. The molecule has 8 nitrogen and oxygen atoms in total. The summed E-state index contributed by atoms with van der Waals surface area (Å²) in [6, 6.07) is 0. The van der Waals surface area contributed by atoms with Crippen molar-refractivity contribution in [2.24, 2.45) is 5.92 Å². The van der Waals surface area contributed by atoms with Gasteiger partial charge in [-0.05, 0) is 25.7 Å². The fourth-order valence-corrected chi connectivity index (χ4v) is 3.70. The van der Waals surface area contributed by atoms with Crippen LogP contribution < -0.4 is 5.32 Å². The van der Waals surface area contributed by atoms with Crippen LogP contribution >= 0.6 is 11.8 Å². The second-order valence-corrected chi connectivity index (χ2v) is 7.11. The smallest absolute Gasteiger partial charge is 0.251 e. The molecule has 1 aromatic rings. The Hall–Kier alpha value is -1.61. The molecule has 2 saturated heterocycles. The van der Waals surface area contributed by atoms with Crippen LogP contribution in [-0.4, -0.2) is 70.0 Å². The van der Waals surface area contributed by atoms with Gasteiger partial charge >= 0.3 is 0 Å². The van der Waals surface area contributed by atoms with Gasteiger partial charge in [0, 0.05) is 37.9 Å². The topological polar surface area (TPSA) is 100 Å². The maximum absolute atomic E-state index is 12.3. The van der Waals surface area contributed by atoms with Crippen molar-refractivity contribution in [1.82, 2.24) is 25.4 Å². The van der Waals surface area contributed by atoms with Gasteiger partial charge in [0.05, 0.1) is 0 Å². The van der Waals surface area contributed by atoms with Crippen molar-refractivity contribution in [2.75, 3.05) is 32.0 Å².